The molecule has 7 nitrogen and oxygen atoms in total. The number of benzene rings is 1. The molecule has 3 rings (SSSR count). The number of nitrogens with zero attached hydrogens (tertiary/aromatic N) is 1. The van der Waals surface area contributed by atoms with Crippen LogP contribution in [0, 0.1) is 21.7 Å². The van der Waals surface area contributed by atoms with Crippen molar-refractivity contribution in [1.82, 2.24) is 0 Å². The van der Waals surface area contributed by atoms with E-state index in [1.807, 2.05) is 0 Å². The standard InChI is InChI=1S/C10H3F2N3O4/c11-2-1-3-5(8(4(2)12)15(18)19)14-7-6(13-3)9(16)10(7)17/h1,13-14H. The minimum Gasteiger partial charge on any atom is -0.348 e. The van der Waals surface area contributed by atoms with Crippen LogP contribution in [0.25, 0.3) is 0 Å². The molecule has 1 heterocycles. The maximum absolute atomic E-state index is 13.4. The maximum Gasteiger partial charge on any atom is 0.333 e. The summed E-state index contributed by atoms with van der Waals surface area (Å²) in [5.74, 6) is -3.07. The third kappa shape index (κ3) is 1.29. The third-order valence-electron chi connectivity index (χ3n) is 2.80. The monoisotopic (exact) mass is 267 g/mol. The SMILES string of the molecule is O=c1c2c(c1=O)Nc1c(cc(F)c(F)c1[N+](=O)[O-])N2. The number of halogens is 2. The van der Waals surface area contributed by atoms with Gasteiger partial charge in [0.2, 0.25) is 5.82 Å². The van der Waals surface area contributed by atoms with E-state index < -0.39 is 33.1 Å². The van der Waals surface area contributed by atoms with E-state index in [0.717, 1.165) is 0 Å². The Labute approximate surface area is 102 Å². The summed E-state index contributed by atoms with van der Waals surface area (Å²) in [6, 6.07) is 0.671. The molecule has 1 aliphatic heterocycles. The number of anilines is 4. The van der Waals surface area contributed by atoms with Crippen LogP contribution in [0.3, 0.4) is 0 Å². The molecule has 0 spiro atoms. The number of rotatable bonds is 1. The summed E-state index contributed by atoms with van der Waals surface area (Å²) in [6.07, 6.45) is 0. The minimum absolute atomic E-state index is 0.113. The molecule has 2 N–H and O–H groups in total. The van der Waals surface area contributed by atoms with Gasteiger partial charge in [0.15, 0.2) is 5.82 Å². The molecule has 0 amide bonds. The first-order chi connectivity index (χ1) is 8.91. The average Bonchev–Trinajstić information content (AvgIpc) is 2.37. The van der Waals surface area contributed by atoms with Gasteiger partial charge in [-0.1, -0.05) is 0 Å². The highest BCUT2D eigenvalue weighted by Crippen LogP contribution is 2.43. The maximum atomic E-state index is 13.4. The summed E-state index contributed by atoms with van der Waals surface area (Å²) in [7, 11) is 0. The van der Waals surface area contributed by atoms with Crippen molar-refractivity contribution >= 4 is 28.4 Å². The summed E-state index contributed by atoms with van der Waals surface area (Å²) in [5, 5.41) is 15.4. The van der Waals surface area contributed by atoms with Gasteiger partial charge >= 0.3 is 5.69 Å². The Morgan fingerprint density at radius 3 is 2.21 bits per heavy atom. The van der Waals surface area contributed by atoms with E-state index in [9.17, 15) is 28.5 Å². The van der Waals surface area contributed by atoms with Gasteiger partial charge in [-0.15, -0.1) is 0 Å². The molecule has 0 saturated carbocycles. The van der Waals surface area contributed by atoms with E-state index in [4.69, 9.17) is 0 Å². The molecule has 0 atom stereocenters. The first-order valence-corrected chi connectivity index (χ1v) is 4.95. The lowest BCUT2D eigenvalue weighted by atomic mass is 10.1. The lowest BCUT2D eigenvalue weighted by molar-refractivity contribution is -0.386. The zero-order valence-electron chi connectivity index (χ0n) is 8.91. The van der Waals surface area contributed by atoms with E-state index in [0.29, 0.717) is 6.07 Å². The fraction of sp³-hybridized carbons (Fsp3) is 0. The summed E-state index contributed by atoms with van der Waals surface area (Å²) >= 11 is 0. The number of nitro benzene ring substituents is 1. The second-order valence-corrected chi connectivity index (χ2v) is 3.86. The molecule has 2 aromatic carbocycles. The van der Waals surface area contributed by atoms with Gasteiger partial charge in [-0.05, 0) is 0 Å². The van der Waals surface area contributed by atoms with Gasteiger partial charge in [0.25, 0.3) is 10.9 Å². The third-order valence-corrected chi connectivity index (χ3v) is 2.80. The highest BCUT2D eigenvalue weighted by atomic mass is 19.2. The van der Waals surface area contributed by atoms with Gasteiger partial charge in [0.1, 0.15) is 17.1 Å². The van der Waals surface area contributed by atoms with Crippen LogP contribution in [-0.4, -0.2) is 4.92 Å². The van der Waals surface area contributed by atoms with Crippen molar-refractivity contribution < 1.29 is 13.7 Å². The first kappa shape index (κ1) is 11.3. The average molecular weight is 267 g/mol. The number of nitro groups is 1. The zero-order valence-corrected chi connectivity index (χ0v) is 8.91. The van der Waals surface area contributed by atoms with Crippen molar-refractivity contribution in [3.8, 4) is 0 Å². The Bertz CT molecular complexity index is 823. The topological polar surface area (TPSA) is 101 Å². The Kier molecular flexibility index (Phi) is 1.98. The Morgan fingerprint density at radius 2 is 1.63 bits per heavy atom. The Hall–Kier alpha value is -2.84. The molecule has 1 aliphatic rings. The zero-order chi connectivity index (χ0) is 13.9. The largest absolute Gasteiger partial charge is 0.348 e. The van der Waals surface area contributed by atoms with Crippen LogP contribution in [0.1, 0.15) is 0 Å². The first-order valence-electron chi connectivity index (χ1n) is 4.95. The van der Waals surface area contributed by atoms with Gasteiger partial charge in [-0.3, -0.25) is 19.7 Å². The molecule has 96 valence electrons. The van der Waals surface area contributed by atoms with Crippen molar-refractivity contribution in [3.63, 3.8) is 0 Å². The lowest BCUT2D eigenvalue weighted by Crippen LogP contribution is -2.38. The Morgan fingerprint density at radius 1 is 1.05 bits per heavy atom. The van der Waals surface area contributed by atoms with Gasteiger partial charge in [0, 0.05) is 6.07 Å². The van der Waals surface area contributed by atoms with Crippen molar-refractivity contribution in [2.75, 3.05) is 10.6 Å². The van der Waals surface area contributed by atoms with Crippen molar-refractivity contribution in [3.05, 3.63) is 48.3 Å². The molecule has 0 radical (unpaired) electrons. The van der Waals surface area contributed by atoms with Crippen molar-refractivity contribution in [1.29, 1.82) is 0 Å². The summed E-state index contributed by atoms with van der Waals surface area (Å²) in [4.78, 5) is 32.0. The van der Waals surface area contributed by atoms with Crippen LogP contribution >= 0.6 is 0 Å². The number of hydrogen-bond acceptors (Lipinski definition) is 6. The quantitative estimate of drug-likeness (QED) is 0.391. The molecule has 9 heteroatoms. The molecule has 0 aliphatic carbocycles. The molecule has 0 bridgehead atoms. The molecule has 0 aromatic heterocycles. The van der Waals surface area contributed by atoms with Crippen LogP contribution < -0.4 is 21.5 Å². The smallest absolute Gasteiger partial charge is 0.333 e. The predicted molar refractivity (Wildman–Crippen MR) is 60.9 cm³/mol. The van der Waals surface area contributed by atoms with Gasteiger partial charge in [-0.25, -0.2) is 4.39 Å². The highest BCUT2D eigenvalue weighted by molar-refractivity contribution is 5.96. The summed E-state index contributed by atoms with van der Waals surface area (Å²) in [5.41, 5.74) is -3.67. The van der Waals surface area contributed by atoms with Gasteiger partial charge < -0.3 is 10.6 Å². The van der Waals surface area contributed by atoms with Crippen molar-refractivity contribution in [2.45, 2.75) is 0 Å². The highest BCUT2D eigenvalue weighted by Gasteiger charge is 2.35. The van der Waals surface area contributed by atoms with Crippen LogP contribution in [0.4, 0.5) is 37.2 Å². The van der Waals surface area contributed by atoms with E-state index in [2.05, 4.69) is 10.6 Å². The van der Waals surface area contributed by atoms with Crippen LogP contribution in [0.5, 0.6) is 0 Å². The number of hydrogen-bond donors (Lipinski definition) is 2. The van der Waals surface area contributed by atoms with E-state index in [-0.39, 0.29) is 22.7 Å². The van der Waals surface area contributed by atoms with E-state index in [1.165, 1.54) is 0 Å². The fourth-order valence-corrected chi connectivity index (χ4v) is 1.90. The van der Waals surface area contributed by atoms with Gasteiger partial charge in [-0.2, -0.15) is 4.39 Å². The molecule has 0 fully saturated rings. The van der Waals surface area contributed by atoms with Crippen LogP contribution in [-0.2, 0) is 0 Å². The number of fused-ring (bicyclic) bond motifs is 2. The lowest BCUT2D eigenvalue weighted by Gasteiger charge is -2.23. The normalized spacial score (nSPS) is 12.3. The minimum atomic E-state index is -1.64. The molecule has 0 unspecified atom stereocenters. The molecule has 0 saturated heterocycles. The fourth-order valence-electron chi connectivity index (χ4n) is 1.90. The van der Waals surface area contributed by atoms with E-state index >= 15 is 0 Å². The van der Waals surface area contributed by atoms with E-state index in [1.54, 1.807) is 0 Å². The molecule has 19 heavy (non-hydrogen) atoms. The van der Waals surface area contributed by atoms with Crippen molar-refractivity contribution in [2.24, 2.45) is 0 Å². The second-order valence-electron chi connectivity index (χ2n) is 3.86. The van der Waals surface area contributed by atoms with Crippen LogP contribution in [0.2, 0.25) is 0 Å². The molecular formula is C10H3F2N3O4. The summed E-state index contributed by atoms with van der Waals surface area (Å²) in [6.45, 7) is 0. The molecule has 2 aromatic rings. The van der Waals surface area contributed by atoms with Gasteiger partial charge in [0.05, 0.1) is 10.6 Å². The Balaban J connectivity index is 2.27. The summed E-state index contributed by atoms with van der Waals surface area (Å²) < 4.78 is 26.6. The van der Waals surface area contributed by atoms with Crippen LogP contribution in [0.15, 0.2) is 15.7 Å². The second kappa shape index (κ2) is 3.34. The number of nitrogens with one attached hydrogen (secondary N) is 2. The predicted octanol–water partition coefficient (Wildman–Crippen LogP) is 1.27. The molecular weight excluding hydrogens is 264 g/mol.